The molecule has 5 nitrogen and oxygen atoms in total. The van der Waals surface area contributed by atoms with Crippen LogP contribution in [0.3, 0.4) is 0 Å². The number of hydrogen-bond donors (Lipinski definition) is 1. The fourth-order valence-corrected chi connectivity index (χ4v) is 4.79. The first kappa shape index (κ1) is 20.4. The third-order valence-corrected chi connectivity index (χ3v) is 6.49. The maximum absolute atomic E-state index is 13.9. The van der Waals surface area contributed by atoms with E-state index in [4.69, 9.17) is 0 Å². The van der Waals surface area contributed by atoms with Crippen LogP contribution in [0.15, 0.2) is 47.4 Å². The van der Waals surface area contributed by atoms with Crippen LogP contribution in [0.2, 0.25) is 0 Å². The number of sulfonamides is 1. The minimum Gasteiger partial charge on any atom is -0.349 e. The normalized spacial score (nSPS) is 19.6. The average Bonchev–Trinajstić information content (AvgIpc) is 3.08. The predicted octanol–water partition coefficient (Wildman–Crippen LogP) is 3.17. The van der Waals surface area contributed by atoms with Gasteiger partial charge in [0.2, 0.25) is 15.9 Å². The van der Waals surface area contributed by atoms with Gasteiger partial charge in [0.1, 0.15) is 11.6 Å². The van der Waals surface area contributed by atoms with Gasteiger partial charge in [0.05, 0.1) is 4.90 Å². The van der Waals surface area contributed by atoms with Crippen LogP contribution < -0.4 is 4.72 Å². The van der Waals surface area contributed by atoms with Crippen molar-refractivity contribution < 1.29 is 22.0 Å². The molecule has 1 N–H and O–H groups in total. The number of rotatable bonds is 5. The molecule has 150 valence electrons. The van der Waals surface area contributed by atoms with E-state index >= 15 is 0 Å². The smallest absolute Gasteiger partial charge is 0.240 e. The van der Waals surface area contributed by atoms with Crippen molar-refractivity contribution in [1.29, 1.82) is 0 Å². The van der Waals surface area contributed by atoms with Gasteiger partial charge in [-0.1, -0.05) is 12.1 Å². The summed E-state index contributed by atoms with van der Waals surface area (Å²) in [6.45, 7) is 0. The van der Waals surface area contributed by atoms with Crippen LogP contribution in [0, 0.1) is 17.6 Å². The zero-order valence-electron chi connectivity index (χ0n) is 15.7. The Kier molecular flexibility index (Phi) is 5.81. The molecule has 1 fully saturated rings. The summed E-state index contributed by atoms with van der Waals surface area (Å²) in [5.41, 5.74) is 0.646. The van der Waals surface area contributed by atoms with Crippen LogP contribution in [0.25, 0.3) is 11.1 Å². The summed E-state index contributed by atoms with van der Waals surface area (Å²) in [7, 11) is -0.386. The molecule has 8 heteroatoms. The molecule has 0 aliphatic heterocycles. The second kappa shape index (κ2) is 7.97. The van der Waals surface area contributed by atoms with E-state index in [2.05, 4.69) is 4.72 Å². The van der Waals surface area contributed by atoms with Crippen molar-refractivity contribution in [1.82, 2.24) is 9.62 Å². The topological polar surface area (TPSA) is 66.5 Å². The summed E-state index contributed by atoms with van der Waals surface area (Å²) in [6.07, 6.45) is 1.71. The number of carbonyl (C=O) groups excluding carboxylic acids is 1. The van der Waals surface area contributed by atoms with Gasteiger partial charge in [-0.25, -0.2) is 21.9 Å². The van der Waals surface area contributed by atoms with Gasteiger partial charge >= 0.3 is 0 Å². The molecule has 3 rings (SSSR count). The minimum absolute atomic E-state index is 0.00683. The number of nitrogens with one attached hydrogen (secondary N) is 1. The van der Waals surface area contributed by atoms with E-state index in [0.717, 1.165) is 12.1 Å². The second-order valence-corrected chi connectivity index (χ2v) is 8.92. The molecule has 28 heavy (non-hydrogen) atoms. The fourth-order valence-electron chi connectivity index (χ4n) is 3.50. The Hall–Kier alpha value is -2.32. The Morgan fingerprint density at radius 3 is 2.36 bits per heavy atom. The molecule has 0 spiro atoms. The second-order valence-electron chi connectivity index (χ2n) is 7.21. The van der Waals surface area contributed by atoms with Crippen LogP contribution in [-0.2, 0) is 14.8 Å². The van der Waals surface area contributed by atoms with Crippen molar-refractivity contribution in [3.63, 3.8) is 0 Å². The molecular formula is C20H22F2N2O3S. The SMILES string of the molecule is CN(C)C(=O)C1CCC(NS(=O)(=O)c2ccc(-c3ccc(F)cc3F)cc2)C1. The van der Waals surface area contributed by atoms with Crippen LogP contribution in [0.5, 0.6) is 0 Å². The van der Waals surface area contributed by atoms with E-state index in [1.165, 1.54) is 35.2 Å². The Balaban J connectivity index is 1.72. The van der Waals surface area contributed by atoms with Crippen molar-refractivity contribution >= 4 is 15.9 Å². The Morgan fingerprint density at radius 1 is 1.07 bits per heavy atom. The monoisotopic (exact) mass is 408 g/mol. The van der Waals surface area contributed by atoms with Gasteiger partial charge in [0.15, 0.2) is 0 Å². The molecule has 1 aliphatic rings. The molecular weight excluding hydrogens is 386 g/mol. The number of carbonyl (C=O) groups is 1. The molecule has 2 aromatic carbocycles. The average molecular weight is 408 g/mol. The van der Waals surface area contributed by atoms with Gasteiger partial charge in [0.25, 0.3) is 0 Å². The highest BCUT2D eigenvalue weighted by Crippen LogP contribution is 2.29. The van der Waals surface area contributed by atoms with Crippen molar-refractivity contribution in [2.75, 3.05) is 14.1 Å². The number of nitrogens with zero attached hydrogens (tertiary/aromatic N) is 1. The summed E-state index contributed by atoms with van der Waals surface area (Å²) in [6, 6.07) is 8.69. The van der Waals surface area contributed by atoms with Crippen LogP contribution in [0.4, 0.5) is 8.78 Å². The number of halogens is 2. The number of benzene rings is 2. The number of hydrogen-bond acceptors (Lipinski definition) is 3. The van der Waals surface area contributed by atoms with E-state index in [9.17, 15) is 22.0 Å². The van der Waals surface area contributed by atoms with Gasteiger partial charge in [-0.2, -0.15) is 0 Å². The van der Waals surface area contributed by atoms with E-state index in [1.54, 1.807) is 14.1 Å². The molecule has 0 heterocycles. The highest BCUT2D eigenvalue weighted by atomic mass is 32.2. The Labute approximate surface area is 163 Å². The maximum atomic E-state index is 13.9. The Morgan fingerprint density at radius 2 is 1.75 bits per heavy atom. The highest BCUT2D eigenvalue weighted by molar-refractivity contribution is 7.89. The molecule has 1 amide bonds. The Bertz CT molecular complexity index is 975. The van der Waals surface area contributed by atoms with Crippen LogP contribution in [0.1, 0.15) is 19.3 Å². The van der Waals surface area contributed by atoms with Gasteiger partial charge < -0.3 is 4.90 Å². The molecule has 0 aromatic heterocycles. The third kappa shape index (κ3) is 4.39. The zero-order chi connectivity index (χ0) is 20.5. The predicted molar refractivity (Wildman–Crippen MR) is 102 cm³/mol. The van der Waals surface area contributed by atoms with E-state index < -0.39 is 21.7 Å². The molecule has 0 radical (unpaired) electrons. The molecule has 2 aromatic rings. The van der Waals surface area contributed by atoms with Crippen molar-refractivity contribution in [3.8, 4) is 11.1 Å². The lowest BCUT2D eigenvalue weighted by atomic mass is 10.1. The van der Waals surface area contributed by atoms with E-state index in [1.807, 2.05) is 0 Å². The summed E-state index contributed by atoms with van der Waals surface area (Å²) in [5.74, 6) is -1.55. The summed E-state index contributed by atoms with van der Waals surface area (Å²) in [5, 5.41) is 0. The lowest BCUT2D eigenvalue weighted by molar-refractivity contribution is -0.132. The molecule has 2 atom stereocenters. The van der Waals surface area contributed by atoms with Gasteiger partial charge in [0, 0.05) is 37.7 Å². The van der Waals surface area contributed by atoms with Crippen molar-refractivity contribution in [2.24, 2.45) is 5.92 Å². The molecule has 1 aliphatic carbocycles. The summed E-state index contributed by atoms with van der Waals surface area (Å²) >= 11 is 0. The molecule has 0 bridgehead atoms. The van der Waals surface area contributed by atoms with Crippen molar-refractivity contribution in [2.45, 2.75) is 30.2 Å². The molecule has 1 saturated carbocycles. The third-order valence-electron chi connectivity index (χ3n) is 4.95. The quantitative estimate of drug-likeness (QED) is 0.827. The standard InChI is InChI=1S/C20H22F2N2O3S/c1-24(2)20(25)14-3-7-16(11-14)23-28(26,27)17-8-4-13(5-9-17)18-10-6-15(21)12-19(18)22/h4-6,8-10,12,14,16,23H,3,7,11H2,1-2H3. The largest absolute Gasteiger partial charge is 0.349 e. The number of amides is 1. The first-order valence-corrected chi connectivity index (χ1v) is 10.4. The lowest BCUT2D eigenvalue weighted by Gasteiger charge is -2.17. The fraction of sp³-hybridized carbons (Fsp3) is 0.350. The van der Waals surface area contributed by atoms with Gasteiger partial charge in [-0.3, -0.25) is 4.79 Å². The van der Waals surface area contributed by atoms with E-state index in [0.29, 0.717) is 24.8 Å². The van der Waals surface area contributed by atoms with Crippen LogP contribution in [-0.4, -0.2) is 39.4 Å². The van der Waals surface area contributed by atoms with E-state index in [-0.39, 0.29) is 28.3 Å². The maximum Gasteiger partial charge on any atom is 0.240 e. The minimum atomic E-state index is -3.76. The van der Waals surface area contributed by atoms with Crippen molar-refractivity contribution in [3.05, 3.63) is 54.1 Å². The summed E-state index contributed by atoms with van der Waals surface area (Å²) < 4.78 is 54.9. The van der Waals surface area contributed by atoms with Gasteiger partial charge in [-0.05, 0) is 49.1 Å². The molecule has 2 unspecified atom stereocenters. The van der Waals surface area contributed by atoms with Crippen LogP contribution >= 0.6 is 0 Å². The molecule has 0 saturated heterocycles. The highest BCUT2D eigenvalue weighted by Gasteiger charge is 2.33. The summed E-state index contributed by atoms with van der Waals surface area (Å²) in [4.78, 5) is 13.6. The first-order chi connectivity index (χ1) is 13.2. The lowest BCUT2D eigenvalue weighted by Crippen LogP contribution is -2.34. The first-order valence-electron chi connectivity index (χ1n) is 8.96. The zero-order valence-corrected chi connectivity index (χ0v) is 16.5. The van der Waals surface area contributed by atoms with Gasteiger partial charge in [-0.15, -0.1) is 0 Å².